The number of hydrogen-bond donors (Lipinski definition) is 1. The Kier molecular flexibility index (Phi) is 4.71. The minimum Gasteiger partial charge on any atom is -0.343 e. The summed E-state index contributed by atoms with van der Waals surface area (Å²) >= 11 is 1.72. The lowest BCUT2D eigenvalue weighted by atomic mass is 10.0. The predicted octanol–water partition coefficient (Wildman–Crippen LogP) is 3.36. The number of pyridine rings is 1. The fraction of sp³-hybridized carbons (Fsp3) is 0.316. The van der Waals surface area contributed by atoms with Crippen LogP contribution < -0.4 is 5.32 Å². The Bertz CT molecular complexity index is 884. The van der Waals surface area contributed by atoms with E-state index in [1.54, 1.807) is 36.1 Å². The van der Waals surface area contributed by atoms with Crippen LogP contribution in [0.3, 0.4) is 0 Å². The molecule has 7 heteroatoms. The zero-order valence-electron chi connectivity index (χ0n) is 14.5. The number of carbonyl (C=O) groups excluding carboxylic acids is 1. The molecular formula is C19H19N5OS. The average Bonchev–Trinajstić information content (AvgIpc) is 3.13. The number of carbonyl (C=O) groups is 1. The van der Waals surface area contributed by atoms with Gasteiger partial charge in [0.25, 0.3) is 5.91 Å². The summed E-state index contributed by atoms with van der Waals surface area (Å²) in [6.45, 7) is 1.97. The molecule has 0 saturated heterocycles. The molecule has 0 fully saturated rings. The maximum absolute atomic E-state index is 12.5. The van der Waals surface area contributed by atoms with E-state index in [-0.39, 0.29) is 11.9 Å². The normalized spacial score (nSPS) is 14.5. The van der Waals surface area contributed by atoms with E-state index in [1.807, 2.05) is 19.1 Å². The first-order chi connectivity index (χ1) is 12.7. The highest BCUT2D eigenvalue weighted by molar-refractivity contribution is 7.11. The van der Waals surface area contributed by atoms with Crippen molar-refractivity contribution in [1.82, 2.24) is 25.3 Å². The van der Waals surface area contributed by atoms with Gasteiger partial charge in [0.05, 0.1) is 17.3 Å². The molecule has 4 rings (SSSR count). The molecule has 1 aliphatic rings. The first kappa shape index (κ1) is 16.8. The van der Waals surface area contributed by atoms with E-state index in [2.05, 4.69) is 20.3 Å². The van der Waals surface area contributed by atoms with Crippen LogP contribution in [0.2, 0.25) is 0 Å². The topological polar surface area (TPSA) is 80.7 Å². The van der Waals surface area contributed by atoms with Crippen molar-refractivity contribution in [2.45, 2.75) is 38.6 Å². The molecule has 0 aromatic carbocycles. The van der Waals surface area contributed by atoms with E-state index in [0.717, 1.165) is 23.4 Å². The van der Waals surface area contributed by atoms with Gasteiger partial charge in [-0.25, -0.2) is 15.0 Å². The second-order valence-electron chi connectivity index (χ2n) is 6.36. The Balaban J connectivity index is 1.45. The Hall–Kier alpha value is -2.67. The van der Waals surface area contributed by atoms with Gasteiger partial charge in [-0.3, -0.25) is 9.78 Å². The third-order valence-electron chi connectivity index (χ3n) is 4.41. The maximum atomic E-state index is 12.5. The van der Waals surface area contributed by atoms with Gasteiger partial charge in [0, 0.05) is 35.2 Å². The minimum absolute atomic E-state index is 0.129. The van der Waals surface area contributed by atoms with Crippen LogP contribution in [0.25, 0.3) is 11.4 Å². The fourth-order valence-corrected chi connectivity index (χ4v) is 4.14. The van der Waals surface area contributed by atoms with Crippen molar-refractivity contribution in [2.24, 2.45) is 0 Å². The lowest BCUT2D eigenvalue weighted by Crippen LogP contribution is -2.26. The molecule has 0 aliphatic heterocycles. The first-order valence-electron chi connectivity index (χ1n) is 8.72. The molecular weight excluding hydrogens is 346 g/mol. The van der Waals surface area contributed by atoms with Crippen molar-refractivity contribution in [3.05, 3.63) is 58.1 Å². The molecule has 0 bridgehead atoms. The van der Waals surface area contributed by atoms with Crippen LogP contribution in [0, 0.1) is 0 Å². The lowest BCUT2D eigenvalue weighted by molar-refractivity contribution is 0.0939. The number of aromatic nitrogens is 4. The van der Waals surface area contributed by atoms with Crippen molar-refractivity contribution in [3.63, 3.8) is 0 Å². The number of nitrogens with zero attached hydrogens (tertiary/aromatic N) is 4. The van der Waals surface area contributed by atoms with E-state index >= 15 is 0 Å². The minimum atomic E-state index is -0.191. The second kappa shape index (κ2) is 7.29. The van der Waals surface area contributed by atoms with Gasteiger partial charge in [0.2, 0.25) is 0 Å². The van der Waals surface area contributed by atoms with E-state index in [9.17, 15) is 4.79 Å². The van der Waals surface area contributed by atoms with Crippen molar-refractivity contribution >= 4 is 17.2 Å². The highest BCUT2D eigenvalue weighted by atomic mass is 32.1. The van der Waals surface area contributed by atoms with Crippen LogP contribution in [0.5, 0.6) is 0 Å². The molecule has 3 aromatic heterocycles. The van der Waals surface area contributed by atoms with Crippen LogP contribution in [0.4, 0.5) is 0 Å². The molecule has 3 aromatic rings. The number of rotatable bonds is 4. The summed E-state index contributed by atoms with van der Waals surface area (Å²) in [5, 5.41) is 3.97. The third kappa shape index (κ3) is 3.48. The van der Waals surface area contributed by atoms with Gasteiger partial charge >= 0.3 is 0 Å². The monoisotopic (exact) mass is 365 g/mol. The molecule has 6 nitrogen and oxygen atoms in total. The van der Waals surface area contributed by atoms with Gasteiger partial charge in [0.15, 0.2) is 5.82 Å². The van der Waals surface area contributed by atoms with E-state index in [0.29, 0.717) is 11.4 Å². The van der Waals surface area contributed by atoms with Crippen LogP contribution in [0.1, 0.15) is 51.7 Å². The fourth-order valence-electron chi connectivity index (χ4n) is 2.99. The molecule has 1 atom stereocenters. The van der Waals surface area contributed by atoms with E-state index < -0.39 is 0 Å². The SMILES string of the molecule is C[C@@H](NC(=O)c1cnc(-c2cccnc2)nc1)c1nc2c(s1)CCCC2. The number of hydrogen-bond acceptors (Lipinski definition) is 6. The van der Waals surface area contributed by atoms with Gasteiger partial charge in [-0.15, -0.1) is 11.3 Å². The molecule has 0 unspecified atom stereocenters. The summed E-state index contributed by atoms with van der Waals surface area (Å²) < 4.78 is 0. The highest BCUT2D eigenvalue weighted by Gasteiger charge is 2.20. The molecule has 0 saturated carbocycles. The predicted molar refractivity (Wildman–Crippen MR) is 99.9 cm³/mol. The van der Waals surface area contributed by atoms with Crippen LogP contribution in [0.15, 0.2) is 36.9 Å². The van der Waals surface area contributed by atoms with Gasteiger partial charge in [0.1, 0.15) is 5.01 Å². The summed E-state index contributed by atoms with van der Waals surface area (Å²) in [6.07, 6.45) is 11.1. The van der Waals surface area contributed by atoms with Gasteiger partial charge in [-0.1, -0.05) is 0 Å². The molecule has 3 heterocycles. The van der Waals surface area contributed by atoms with Gasteiger partial charge in [-0.2, -0.15) is 0 Å². The molecule has 26 heavy (non-hydrogen) atoms. The number of nitrogens with one attached hydrogen (secondary N) is 1. The molecule has 132 valence electrons. The molecule has 1 amide bonds. The van der Waals surface area contributed by atoms with E-state index in [4.69, 9.17) is 4.98 Å². The molecule has 0 spiro atoms. The Morgan fingerprint density at radius 3 is 2.73 bits per heavy atom. The number of thiazole rings is 1. The number of aryl methyl sites for hydroxylation is 2. The highest BCUT2D eigenvalue weighted by Crippen LogP contribution is 2.29. The van der Waals surface area contributed by atoms with Crippen LogP contribution in [-0.4, -0.2) is 25.8 Å². The van der Waals surface area contributed by atoms with Crippen molar-refractivity contribution in [2.75, 3.05) is 0 Å². The molecule has 1 aliphatic carbocycles. The summed E-state index contributed by atoms with van der Waals surface area (Å²) in [6, 6.07) is 3.58. The molecule has 0 radical (unpaired) electrons. The summed E-state index contributed by atoms with van der Waals surface area (Å²) in [5.74, 6) is 0.360. The summed E-state index contributed by atoms with van der Waals surface area (Å²) in [5.41, 5.74) is 2.47. The third-order valence-corrected chi connectivity index (χ3v) is 5.75. The van der Waals surface area contributed by atoms with Gasteiger partial charge < -0.3 is 5.32 Å². The zero-order chi connectivity index (χ0) is 17.9. The summed E-state index contributed by atoms with van der Waals surface area (Å²) in [7, 11) is 0. The Labute approximate surface area is 155 Å². The average molecular weight is 365 g/mol. The van der Waals surface area contributed by atoms with Crippen molar-refractivity contribution in [1.29, 1.82) is 0 Å². The Morgan fingerprint density at radius 2 is 2.00 bits per heavy atom. The smallest absolute Gasteiger partial charge is 0.254 e. The molecule has 1 N–H and O–H groups in total. The largest absolute Gasteiger partial charge is 0.343 e. The first-order valence-corrected chi connectivity index (χ1v) is 9.54. The zero-order valence-corrected chi connectivity index (χ0v) is 15.3. The standard InChI is InChI=1S/C19H19N5OS/c1-12(19-24-15-6-2-3-7-16(15)26-19)23-18(25)14-10-21-17(22-11-14)13-5-4-8-20-9-13/h4-5,8-12H,2-3,6-7H2,1H3,(H,23,25)/t12-/m1/s1. The van der Waals surface area contributed by atoms with Crippen LogP contribution >= 0.6 is 11.3 Å². The maximum Gasteiger partial charge on any atom is 0.254 e. The number of amides is 1. The Morgan fingerprint density at radius 1 is 1.19 bits per heavy atom. The van der Waals surface area contributed by atoms with Gasteiger partial charge in [-0.05, 0) is 44.7 Å². The number of fused-ring (bicyclic) bond motifs is 1. The van der Waals surface area contributed by atoms with Crippen molar-refractivity contribution < 1.29 is 4.79 Å². The van der Waals surface area contributed by atoms with E-state index in [1.165, 1.54) is 23.4 Å². The van der Waals surface area contributed by atoms with Crippen LogP contribution in [-0.2, 0) is 12.8 Å². The second-order valence-corrected chi connectivity index (χ2v) is 7.48. The summed E-state index contributed by atoms with van der Waals surface area (Å²) in [4.78, 5) is 31.2. The lowest BCUT2D eigenvalue weighted by Gasteiger charge is -2.11. The van der Waals surface area contributed by atoms with Crippen molar-refractivity contribution in [3.8, 4) is 11.4 Å². The quantitative estimate of drug-likeness (QED) is 0.767.